The number of aliphatic imine (C=N–C) groups is 1. The predicted molar refractivity (Wildman–Crippen MR) is 59.0 cm³/mol. The Morgan fingerprint density at radius 3 is 2.69 bits per heavy atom. The highest BCUT2D eigenvalue weighted by Gasteiger charge is 2.17. The molecule has 0 aliphatic heterocycles. The first kappa shape index (κ1) is 12.7. The second kappa shape index (κ2) is 5.63. The number of nitrogens with zero attached hydrogens (tertiary/aromatic N) is 1. The summed E-state index contributed by atoms with van der Waals surface area (Å²) in [5.74, 6) is 0.0994. The molecule has 0 heterocycles. The van der Waals surface area contributed by atoms with Gasteiger partial charge in [-0.25, -0.2) is 14.2 Å². The molecule has 0 aromatic heterocycles. The number of rotatable bonds is 4. The Labute approximate surface area is 100 Å². The van der Waals surface area contributed by atoms with Gasteiger partial charge in [0, 0.05) is 5.56 Å². The maximum absolute atomic E-state index is 13.7. The summed E-state index contributed by atoms with van der Waals surface area (Å²) < 4.78 is 23.9. The first-order chi connectivity index (χ1) is 7.65. The van der Waals surface area contributed by atoms with Crippen LogP contribution in [-0.4, -0.2) is 20.3 Å². The van der Waals surface area contributed by atoms with Crippen LogP contribution in [0.4, 0.5) is 4.39 Å². The Balaban J connectivity index is 3.31. The van der Waals surface area contributed by atoms with Gasteiger partial charge in [-0.2, -0.15) is 0 Å². The normalized spacial score (nSPS) is 9.50. The van der Waals surface area contributed by atoms with Crippen molar-refractivity contribution in [2.45, 2.75) is 6.54 Å². The monoisotopic (exact) mass is 289 g/mol. The molecule has 86 valence electrons. The van der Waals surface area contributed by atoms with Crippen LogP contribution in [0.15, 0.2) is 15.5 Å². The third-order valence-electron chi connectivity index (χ3n) is 1.94. The Hall–Kier alpha value is -1.39. The minimum absolute atomic E-state index is 0.0890. The number of carbonyl (C=O) groups excluding carboxylic acids is 1. The van der Waals surface area contributed by atoms with E-state index in [9.17, 15) is 9.18 Å². The van der Waals surface area contributed by atoms with Crippen LogP contribution in [-0.2, 0) is 11.3 Å². The van der Waals surface area contributed by atoms with Gasteiger partial charge in [-0.3, -0.25) is 0 Å². The van der Waals surface area contributed by atoms with E-state index in [2.05, 4.69) is 20.9 Å². The Morgan fingerprint density at radius 1 is 1.50 bits per heavy atom. The van der Waals surface area contributed by atoms with Gasteiger partial charge in [-0.1, -0.05) is 0 Å². The zero-order valence-electron chi connectivity index (χ0n) is 8.71. The van der Waals surface area contributed by atoms with Gasteiger partial charge >= 0.3 is 0 Å². The lowest BCUT2D eigenvalue weighted by molar-refractivity contribution is 0.349. The molecule has 1 aromatic rings. The van der Waals surface area contributed by atoms with Gasteiger partial charge in [0.05, 0.1) is 25.2 Å². The third-order valence-corrected chi connectivity index (χ3v) is 2.65. The van der Waals surface area contributed by atoms with E-state index in [0.29, 0.717) is 5.75 Å². The van der Waals surface area contributed by atoms with E-state index < -0.39 is 5.82 Å². The van der Waals surface area contributed by atoms with Crippen molar-refractivity contribution < 1.29 is 18.7 Å². The van der Waals surface area contributed by atoms with Gasteiger partial charge in [-0.15, -0.1) is 0 Å². The largest absolute Gasteiger partial charge is 0.493 e. The molecule has 0 N–H and O–H groups in total. The zero-order chi connectivity index (χ0) is 12.1. The van der Waals surface area contributed by atoms with Gasteiger partial charge < -0.3 is 9.47 Å². The number of benzene rings is 1. The van der Waals surface area contributed by atoms with Crippen LogP contribution in [0.25, 0.3) is 0 Å². The summed E-state index contributed by atoms with van der Waals surface area (Å²) in [6.45, 7) is -0.0890. The first-order valence-electron chi connectivity index (χ1n) is 4.28. The zero-order valence-corrected chi connectivity index (χ0v) is 10.3. The van der Waals surface area contributed by atoms with Crippen LogP contribution in [0.3, 0.4) is 0 Å². The predicted octanol–water partition coefficient (Wildman–Crippen LogP) is 2.44. The Bertz CT molecular complexity index is 444. The molecule has 0 amide bonds. The number of hydrogen-bond donors (Lipinski definition) is 0. The average Bonchev–Trinajstić information content (AvgIpc) is 2.30. The van der Waals surface area contributed by atoms with Crippen molar-refractivity contribution in [1.82, 2.24) is 0 Å². The van der Waals surface area contributed by atoms with Crippen molar-refractivity contribution in [3.8, 4) is 11.5 Å². The van der Waals surface area contributed by atoms with Crippen molar-refractivity contribution in [3.63, 3.8) is 0 Å². The summed E-state index contributed by atoms with van der Waals surface area (Å²) in [6.07, 6.45) is 1.35. The topological polar surface area (TPSA) is 47.9 Å². The molecule has 0 atom stereocenters. The second-order valence-corrected chi connectivity index (χ2v) is 3.60. The summed E-state index contributed by atoms with van der Waals surface area (Å²) in [5, 5.41) is 0. The third kappa shape index (κ3) is 2.40. The number of ether oxygens (including phenoxy) is 2. The van der Waals surface area contributed by atoms with Crippen molar-refractivity contribution in [1.29, 1.82) is 0 Å². The molecule has 0 unspecified atom stereocenters. The number of isocyanates is 1. The first-order valence-corrected chi connectivity index (χ1v) is 5.07. The van der Waals surface area contributed by atoms with Gasteiger partial charge in [0.25, 0.3) is 0 Å². The molecule has 16 heavy (non-hydrogen) atoms. The van der Waals surface area contributed by atoms with E-state index in [1.54, 1.807) is 0 Å². The van der Waals surface area contributed by atoms with Crippen LogP contribution >= 0.6 is 15.9 Å². The second-order valence-electron chi connectivity index (χ2n) is 2.81. The Morgan fingerprint density at radius 2 is 2.19 bits per heavy atom. The smallest absolute Gasteiger partial charge is 0.235 e. The van der Waals surface area contributed by atoms with Crippen LogP contribution in [0.5, 0.6) is 11.5 Å². The highest BCUT2D eigenvalue weighted by Crippen LogP contribution is 2.38. The van der Waals surface area contributed by atoms with Crippen LogP contribution < -0.4 is 9.47 Å². The van der Waals surface area contributed by atoms with Crippen molar-refractivity contribution >= 4 is 22.0 Å². The minimum atomic E-state index is -0.531. The molecule has 0 fully saturated rings. The molecule has 0 saturated carbocycles. The van der Waals surface area contributed by atoms with Crippen LogP contribution in [0.2, 0.25) is 0 Å². The van der Waals surface area contributed by atoms with Gasteiger partial charge in [0.2, 0.25) is 6.08 Å². The summed E-state index contributed by atoms with van der Waals surface area (Å²) in [4.78, 5) is 13.3. The number of halogens is 2. The van der Waals surface area contributed by atoms with Crippen LogP contribution in [0, 0.1) is 5.82 Å². The SMILES string of the molecule is COc1cc(CN=C=O)c(F)c(Br)c1OC. The Kier molecular flexibility index (Phi) is 4.46. The standard InChI is InChI=1S/C10H9BrFNO3/c1-15-7-3-6(4-13-5-14)9(12)8(11)10(7)16-2/h3H,4H2,1-2H3. The number of hydrogen-bond acceptors (Lipinski definition) is 4. The summed E-state index contributed by atoms with van der Waals surface area (Å²) >= 11 is 3.05. The van der Waals surface area contributed by atoms with E-state index in [1.807, 2.05) is 0 Å². The molecule has 0 radical (unpaired) electrons. The average molecular weight is 290 g/mol. The molecule has 0 saturated heterocycles. The lowest BCUT2D eigenvalue weighted by atomic mass is 10.2. The molecule has 4 nitrogen and oxygen atoms in total. The van der Waals surface area contributed by atoms with Crippen molar-refractivity contribution in [3.05, 3.63) is 21.9 Å². The minimum Gasteiger partial charge on any atom is -0.493 e. The molecule has 0 aliphatic rings. The molecule has 0 spiro atoms. The van der Waals surface area contributed by atoms with Crippen molar-refractivity contribution in [2.75, 3.05) is 14.2 Å². The highest BCUT2D eigenvalue weighted by molar-refractivity contribution is 9.10. The lowest BCUT2D eigenvalue weighted by Gasteiger charge is -2.12. The fourth-order valence-corrected chi connectivity index (χ4v) is 1.82. The molecule has 0 bridgehead atoms. The summed E-state index contributed by atoms with van der Waals surface area (Å²) in [7, 11) is 2.85. The van der Waals surface area contributed by atoms with E-state index in [4.69, 9.17) is 9.47 Å². The van der Waals surface area contributed by atoms with E-state index in [-0.39, 0.29) is 22.3 Å². The van der Waals surface area contributed by atoms with Gasteiger partial charge in [0.1, 0.15) is 5.82 Å². The van der Waals surface area contributed by atoms with Gasteiger partial charge in [0.15, 0.2) is 11.5 Å². The van der Waals surface area contributed by atoms with E-state index in [1.165, 1.54) is 26.4 Å². The molecule has 1 aromatic carbocycles. The van der Waals surface area contributed by atoms with E-state index in [0.717, 1.165) is 0 Å². The van der Waals surface area contributed by atoms with E-state index >= 15 is 0 Å². The summed E-state index contributed by atoms with van der Waals surface area (Å²) in [5.41, 5.74) is 0.230. The maximum atomic E-state index is 13.7. The molecule has 6 heteroatoms. The number of methoxy groups -OCH3 is 2. The molecular formula is C10H9BrFNO3. The maximum Gasteiger partial charge on any atom is 0.235 e. The van der Waals surface area contributed by atoms with Crippen molar-refractivity contribution in [2.24, 2.45) is 4.99 Å². The summed E-state index contributed by atoms with van der Waals surface area (Å²) in [6, 6.07) is 1.43. The van der Waals surface area contributed by atoms with Crippen LogP contribution in [0.1, 0.15) is 5.56 Å². The quantitative estimate of drug-likeness (QED) is 0.632. The lowest BCUT2D eigenvalue weighted by Crippen LogP contribution is -1.98. The molecular weight excluding hydrogens is 281 g/mol. The van der Waals surface area contributed by atoms with Gasteiger partial charge in [-0.05, 0) is 22.0 Å². The fourth-order valence-electron chi connectivity index (χ4n) is 1.21. The fraction of sp³-hybridized carbons (Fsp3) is 0.300. The molecule has 0 aliphatic carbocycles. The molecule has 1 rings (SSSR count). The highest BCUT2D eigenvalue weighted by atomic mass is 79.9.